The van der Waals surface area contributed by atoms with Crippen molar-refractivity contribution < 1.29 is 32.5 Å². The summed E-state index contributed by atoms with van der Waals surface area (Å²) in [7, 11) is 0. The van der Waals surface area contributed by atoms with Crippen molar-refractivity contribution in [3.63, 3.8) is 0 Å². The molecule has 2 atom stereocenters. The molecule has 0 aromatic carbocycles. The number of hydrogen-bond donors (Lipinski definition) is 3. The molecular weight excluding hydrogens is 389 g/mol. The molecule has 0 saturated carbocycles. The minimum atomic E-state index is -4.82. The summed E-state index contributed by atoms with van der Waals surface area (Å²) in [5.41, 5.74) is 1.45. The lowest BCUT2D eigenvalue weighted by atomic mass is 10.1. The molecule has 1 rings (SSSR count). The number of rotatable bonds is 9. The molecule has 0 spiro atoms. The van der Waals surface area contributed by atoms with E-state index in [1.54, 1.807) is 6.92 Å². The Balaban J connectivity index is 2.71. The predicted molar refractivity (Wildman–Crippen MR) is 101 cm³/mol. The molecular formula is C20H23F3N2O4. The smallest absolute Gasteiger partial charge is 0.419 e. The lowest BCUT2D eigenvalue weighted by molar-refractivity contribution is -0.205. The monoisotopic (exact) mass is 412 g/mol. The quantitative estimate of drug-likeness (QED) is 0.179. The van der Waals surface area contributed by atoms with Crippen LogP contribution in [0, 0.1) is 23.7 Å². The fourth-order valence-electron chi connectivity index (χ4n) is 2.33. The summed E-state index contributed by atoms with van der Waals surface area (Å²) >= 11 is 0. The van der Waals surface area contributed by atoms with E-state index in [2.05, 4.69) is 11.0 Å². The second-order valence-corrected chi connectivity index (χ2v) is 6.11. The van der Waals surface area contributed by atoms with Gasteiger partial charge in [0.1, 0.15) is 18.1 Å². The third kappa shape index (κ3) is 8.83. The highest BCUT2D eigenvalue weighted by atomic mass is 19.4. The molecule has 29 heavy (non-hydrogen) atoms. The standard InChI is InChI=1S/C20H23F3N2O4/c1-3-5-6-7-15(4-2)18(20(21,22)23)29-13-16(26)10-17(24)19(27)25-11-14-8-9-28-12-14/h2-3,6-7,10,14,18,24,26H,8-9,11-13H2,1H3,(H,25,27)/b15-7+,16-10-,24-17?. The molecule has 1 fully saturated rings. The van der Waals surface area contributed by atoms with E-state index >= 15 is 0 Å². The first-order valence-corrected chi connectivity index (χ1v) is 8.75. The lowest BCUT2D eigenvalue weighted by Crippen LogP contribution is -2.35. The molecule has 1 aliphatic heterocycles. The van der Waals surface area contributed by atoms with Gasteiger partial charge in [0.15, 0.2) is 6.10 Å². The second-order valence-electron chi connectivity index (χ2n) is 6.11. The van der Waals surface area contributed by atoms with Crippen molar-refractivity contribution in [2.24, 2.45) is 5.92 Å². The Morgan fingerprint density at radius 3 is 2.79 bits per heavy atom. The van der Waals surface area contributed by atoms with Crippen molar-refractivity contribution >= 4 is 11.6 Å². The van der Waals surface area contributed by atoms with Crippen LogP contribution in [-0.2, 0) is 14.3 Å². The van der Waals surface area contributed by atoms with Crippen LogP contribution < -0.4 is 5.32 Å². The molecule has 0 aromatic rings. The van der Waals surface area contributed by atoms with Crippen molar-refractivity contribution in [3.05, 3.63) is 41.4 Å². The van der Waals surface area contributed by atoms with Crippen LogP contribution in [0.25, 0.3) is 0 Å². The fraction of sp³-hybridized carbons (Fsp3) is 0.450. The number of allylic oxidation sites excluding steroid dienone is 2. The third-order valence-electron chi connectivity index (χ3n) is 3.80. The van der Waals surface area contributed by atoms with Gasteiger partial charge in [0.25, 0.3) is 5.91 Å². The molecule has 0 radical (unpaired) electrons. The molecule has 1 amide bonds. The third-order valence-corrected chi connectivity index (χ3v) is 3.80. The lowest BCUT2D eigenvalue weighted by Gasteiger charge is -2.20. The highest BCUT2D eigenvalue weighted by Crippen LogP contribution is 2.28. The molecule has 6 nitrogen and oxygen atoms in total. The van der Waals surface area contributed by atoms with Gasteiger partial charge >= 0.3 is 6.18 Å². The Morgan fingerprint density at radius 2 is 2.24 bits per heavy atom. The largest absolute Gasteiger partial charge is 0.510 e. The number of alkyl halides is 3. The van der Waals surface area contributed by atoms with E-state index in [0.29, 0.717) is 19.8 Å². The van der Waals surface area contributed by atoms with Crippen LogP contribution in [0.2, 0.25) is 0 Å². The van der Waals surface area contributed by atoms with Crippen LogP contribution >= 0.6 is 0 Å². The zero-order valence-electron chi connectivity index (χ0n) is 15.9. The first kappa shape index (κ1) is 24.2. The first-order chi connectivity index (χ1) is 13.7. The maximum atomic E-state index is 13.2. The topological polar surface area (TPSA) is 91.6 Å². The molecule has 0 bridgehead atoms. The highest BCUT2D eigenvalue weighted by molar-refractivity contribution is 6.42. The van der Waals surface area contributed by atoms with Crippen LogP contribution in [0.15, 0.2) is 41.4 Å². The second kappa shape index (κ2) is 11.9. The molecule has 0 aliphatic carbocycles. The Morgan fingerprint density at radius 1 is 1.52 bits per heavy atom. The van der Waals surface area contributed by atoms with E-state index in [1.165, 1.54) is 12.2 Å². The number of carbonyl (C=O) groups is 1. The summed E-state index contributed by atoms with van der Waals surface area (Å²) in [6, 6.07) is 0. The molecule has 2 unspecified atom stereocenters. The Labute approximate surface area is 167 Å². The maximum absolute atomic E-state index is 13.2. The zero-order chi connectivity index (χ0) is 21.9. The van der Waals surface area contributed by atoms with E-state index in [9.17, 15) is 23.1 Å². The Hall–Kier alpha value is -2.79. The van der Waals surface area contributed by atoms with E-state index in [1.807, 2.05) is 5.92 Å². The van der Waals surface area contributed by atoms with Crippen molar-refractivity contribution in [2.45, 2.75) is 25.6 Å². The average molecular weight is 412 g/mol. The minimum Gasteiger partial charge on any atom is -0.510 e. The van der Waals surface area contributed by atoms with Gasteiger partial charge in [0.2, 0.25) is 0 Å². The number of hydrogen-bond acceptors (Lipinski definition) is 5. The summed E-state index contributed by atoms with van der Waals surface area (Å²) in [6.45, 7) is 2.17. The highest BCUT2D eigenvalue weighted by Gasteiger charge is 2.43. The van der Waals surface area contributed by atoms with Crippen molar-refractivity contribution in [3.8, 4) is 12.3 Å². The SMILES string of the molecule is C#C/C(=C\C=C=CC)C(OC/C(O)=C/C(=N)C(=O)NCC1CCOC1)C(F)(F)F. The van der Waals surface area contributed by atoms with E-state index in [4.69, 9.17) is 21.3 Å². The fourth-order valence-corrected chi connectivity index (χ4v) is 2.33. The molecule has 9 heteroatoms. The first-order valence-electron chi connectivity index (χ1n) is 8.75. The van der Waals surface area contributed by atoms with Gasteiger partial charge < -0.3 is 19.9 Å². The summed E-state index contributed by atoms with van der Waals surface area (Å²) in [5, 5.41) is 19.9. The molecule has 1 saturated heterocycles. The van der Waals surface area contributed by atoms with Gasteiger partial charge in [-0.2, -0.15) is 13.2 Å². The normalized spacial score (nSPS) is 18.4. The minimum absolute atomic E-state index is 0.144. The van der Waals surface area contributed by atoms with Crippen molar-refractivity contribution in [1.82, 2.24) is 5.32 Å². The summed E-state index contributed by atoms with van der Waals surface area (Å²) in [6.07, 6.45) is 3.10. The Bertz CT molecular complexity index is 751. The number of nitrogens with one attached hydrogen (secondary N) is 2. The van der Waals surface area contributed by atoms with Gasteiger partial charge in [-0.05, 0) is 31.6 Å². The van der Waals surface area contributed by atoms with Gasteiger partial charge in [-0.3, -0.25) is 10.2 Å². The van der Waals surface area contributed by atoms with Gasteiger partial charge in [-0.25, -0.2) is 0 Å². The molecule has 158 valence electrons. The number of ether oxygens (including phenoxy) is 2. The van der Waals surface area contributed by atoms with Gasteiger partial charge in [-0.15, -0.1) is 12.2 Å². The Kier molecular flexibility index (Phi) is 9.97. The van der Waals surface area contributed by atoms with E-state index in [0.717, 1.165) is 18.6 Å². The summed E-state index contributed by atoms with van der Waals surface area (Å²) < 4.78 is 49.6. The predicted octanol–water partition coefficient (Wildman–Crippen LogP) is 2.84. The number of amides is 1. The number of aliphatic hydroxyl groups excluding tert-OH is 1. The molecule has 3 N–H and O–H groups in total. The average Bonchev–Trinajstić information content (AvgIpc) is 3.17. The van der Waals surface area contributed by atoms with E-state index < -0.39 is 41.8 Å². The summed E-state index contributed by atoms with van der Waals surface area (Å²) in [5.74, 6) is 0.566. The molecule has 1 heterocycles. The maximum Gasteiger partial charge on any atom is 0.419 e. The number of halogens is 3. The van der Waals surface area contributed by atoms with Crippen LogP contribution in [0.5, 0.6) is 0 Å². The number of terminal acetylenes is 1. The van der Waals surface area contributed by atoms with Crippen LogP contribution in [0.3, 0.4) is 0 Å². The van der Waals surface area contributed by atoms with Crippen LogP contribution in [0.4, 0.5) is 13.2 Å². The van der Waals surface area contributed by atoms with Gasteiger partial charge in [-0.1, -0.05) is 5.92 Å². The van der Waals surface area contributed by atoms with Crippen LogP contribution in [-0.4, -0.2) is 55.4 Å². The van der Waals surface area contributed by atoms with Gasteiger partial charge in [0.05, 0.1) is 6.61 Å². The molecule has 0 aromatic heterocycles. The van der Waals surface area contributed by atoms with Crippen molar-refractivity contribution in [1.29, 1.82) is 5.41 Å². The number of aliphatic hydroxyl groups is 1. The van der Waals surface area contributed by atoms with Crippen LogP contribution in [0.1, 0.15) is 13.3 Å². The zero-order valence-corrected chi connectivity index (χ0v) is 15.9. The van der Waals surface area contributed by atoms with Crippen molar-refractivity contribution in [2.75, 3.05) is 26.4 Å². The number of carbonyl (C=O) groups excluding carboxylic acids is 1. The van der Waals surface area contributed by atoms with E-state index in [-0.39, 0.29) is 5.92 Å². The molecule has 1 aliphatic rings. The summed E-state index contributed by atoms with van der Waals surface area (Å²) in [4.78, 5) is 11.8. The van der Waals surface area contributed by atoms with Gasteiger partial charge in [0, 0.05) is 30.7 Å².